The highest BCUT2D eigenvalue weighted by atomic mass is 32.2. The van der Waals surface area contributed by atoms with Gasteiger partial charge in [-0.25, -0.2) is 0 Å². The maximum atomic E-state index is 12.3. The van der Waals surface area contributed by atoms with Crippen molar-refractivity contribution in [2.24, 2.45) is 11.8 Å². The highest BCUT2D eigenvalue weighted by Gasteiger charge is 2.39. The first-order chi connectivity index (χ1) is 14.0. The molecule has 1 aliphatic rings. The molecule has 0 amide bonds. The van der Waals surface area contributed by atoms with Gasteiger partial charge in [0.25, 0.3) is 0 Å². The van der Waals surface area contributed by atoms with Crippen molar-refractivity contribution in [3.63, 3.8) is 0 Å². The first kappa shape index (κ1) is 23.8. The third-order valence-electron chi connectivity index (χ3n) is 5.22. The van der Waals surface area contributed by atoms with Crippen LogP contribution in [0.5, 0.6) is 0 Å². The van der Waals surface area contributed by atoms with Crippen LogP contribution in [0.4, 0.5) is 0 Å². The van der Waals surface area contributed by atoms with E-state index in [9.17, 15) is 19.8 Å². The molecule has 0 aromatic heterocycles. The molecule has 0 radical (unpaired) electrons. The first-order valence-electron chi connectivity index (χ1n) is 10.2. The van der Waals surface area contributed by atoms with E-state index in [4.69, 9.17) is 4.74 Å². The fourth-order valence-corrected chi connectivity index (χ4v) is 4.75. The van der Waals surface area contributed by atoms with E-state index in [0.29, 0.717) is 25.9 Å². The number of thioether (sulfide) groups is 1. The first-order valence-corrected chi connectivity index (χ1v) is 11.4. The number of Topliss-reactive ketones (excluding diaryl/α,β-unsaturated/α-hetero) is 1. The number of carbonyl (C=O) groups excluding carboxylic acids is 2. The van der Waals surface area contributed by atoms with Crippen LogP contribution in [0.15, 0.2) is 36.4 Å². The average molecular weight is 421 g/mol. The van der Waals surface area contributed by atoms with Gasteiger partial charge in [-0.15, -0.1) is 0 Å². The number of hydrogen-bond donors (Lipinski definition) is 2. The highest BCUT2D eigenvalue weighted by molar-refractivity contribution is 7.99. The lowest BCUT2D eigenvalue weighted by molar-refractivity contribution is -0.121. The van der Waals surface area contributed by atoms with Crippen LogP contribution in [-0.2, 0) is 27.4 Å². The minimum Gasteiger partial charge on any atom is -0.392 e. The molecular weight excluding hydrogens is 388 g/mol. The molecule has 2 N–H and O–H groups in total. The Hall–Kier alpha value is -1.47. The number of methoxy groups -OCH3 is 1. The minimum absolute atomic E-state index is 0.0994. The van der Waals surface area contributed by atoms with Crippen molar-refractivity contribution in [1.29, 1.82) is 0 Å². The van der Waals surface area contributed by atoms with E-state index in [-0.39, 0.29) is 24.0 Å². The number of unbranched alkanes of at least 4 members (excludes halogenated alkanes) is 1. The summed E-state index contributed by atoms with van der Waals surface area (Å²) >= 11 is 1.74. The Labute approximate surface area is 177 Å². The fraction of sp³-hybridized carbons (Fsp3) is 0.565. The zero-order chi connectivity index (χ0) is 21.1. The quantitative estimate of drug-likeness (QED) is 0.290. The Balaban J connectivity index is 1.87. The minimum atomic E-state index is -0.680. The third-order valence-corrected chi connectivity index (χ3v) is 6.32. The summed E-state index contributed by atoms with van der Waals surface area (Å²) < 4.78 is 5.14. The summed E-state index contributed by atoms with van der Waals surface area (Å²) in [4.78, 5) is 22.6. The normalized spacial score (nSPS) is 23.0. The Bertz CT molecular complexity index is 675. The van der Waals surface area contributed by atoms with Crippen LogP contribution in [0.2, 0.25) is 0 Å². The van der Waals surface area contributed by atoms with Crippen molar-refractivity contribution >= 4 is 23.8 Å². The summed E-state index contributed by atoms with van der Waals surface area (Å²) in [6, 6.07) is 7.91. The Morgan fingerprint density at radius 2 is 2.10 bits per heavy atom. The summed E-state index contributed by atoms with van der Waals surface area (Å²) in [5.41, 5.74) is 2.08. The van der Waals surface area contributed by atoms with Crippen LogP contribution in [0, 0.1) is 11.8 Å². The zero-order valence-corrected chi connectivity index (χ0v) is 17.9. The zero-order valence-electron chi connectivity index (χ0n) is 17.0. The van der Waals surface area contributed by atoms with E-state index >= 15 is 0 Å². The van der Waals surface area contributed by atoms with Crippen LogP contribution >= 0.6 is 11.8 Å². The summed E-state index contributed by atoms with van der Waals surface area (Å²) in [5, 5.41) is 20.7. The van der Waals surface area contributed by atoms with Gasteiger partial charge < -0.3 is 19.7 Å². The maximum absolute atomic E-state index is 12.3. The average Bonchev–Trinajstić information content (AvgIpc) is 2.96. The number of aldehydes is 1. The van der Waals surface area contributed by atoms with Crippen molar-refractivity contribution < 1.29 is 24.5 Å². The smallest absolute Gasteiger partial charge is 0.139 e. The molecule has 1 aromatic rings. The van der Waals surface area contributed by atoms with Crippen molar-refractivity contribution in [2.45, 2.75) is 50.9 Å². The Morgan fingerprint density at radius 3 is 2.86 bits per heavy atom. The van der Waals surface area contributed by atoms with Gasteiger partial charge in [-0.1, -0.05) is 36.4 Å². The van der Waals surface area contributed by atoms with E-state index in [0.717, 1.165) is 35.3 Å². The number of rotatable bonds is 13. The van der Waals surface area contributed by atoms with Crippen LogP contribution in [0.25, 0.3) is 0 Å². The molecule has 4 atom stereocenters. The van der Waals surface area contributed by atoms with E-state index < -0.39 is 12.2 Å². The molecule has 0 spiro atoms. The lowest BCUT2D eigenvalue weighted by Crippen LogP contribution is -2.20. The van der Waals surface area contributed by atoms with E-state index in [1.165, 1.54) is 0 Å². The van der Waals surface area contributed by atoms with Crippen molar-refractivity contribution in [3.8, 4) is 0 Å². The molecule has 5 nitrogen and oxygen atoms in total. The standard InChI is InChI=1S/C23H32O5S/c1-28-16-18-6-4-5-17(13-18)14-19(25)7-8-20-21(23(27)15-22(20)26)9-12-29-11-3-2-10-24/h4-8,10,13,19-22,25-26H,2-3,9,11-12,14-16H2,1H3/b8-7+/t19-,20-,21-,22-/m1/s1. The summed E-state index contributed by atoms with van der Waals surface area (Å²) in [5.74, 6) is 1.40. The Morgan fingerprint density at radius 1 is 1.31 bits per heavy atom. The summed E-state index contributed by atoms with van der Waals surface area (Å²) in [6.45, 7) is 0.533. The maximum Gasteiger partial charge on any atom is 0.139 e. The number of ketones is 1. The Kier molecular flexibility index (Phi) is 10.6. The van der Waals surface area contributed by atoms with Gasteiger partial charge in [0.15, 0.2) is 0 Å². The van der Waals surface area contributed by atoms with Gasteiger partial charge in [-0.2, -0.15) is 11.8 Å². The number of carbonyl (C=O) groups is 2. The molecule has 0 saturated heterocycles. The van der Waals surface area contributed by atoms with Gasteiger partial charge in [0.2, 0.25) is 0 Å². The molecular formula is C23H32O5S. The fourth-order valence-electron chi connectivity index (χ4n) is 3.75. The molecule has 29 heavy (non-hydrogen) atoms. The van der Waals surface area contributed by atoms with Crippen LogP contribution < -0.4 is 0 Å². The van der Waals surface area contributed by atoms with E-state index in [2.05, 4.69) is 0 Å². The number of ether oxygens (including phenoxy) is 1. The monoisotopic (exact) mass is 420 g/mol. The molecule has 1 aromatic carbocycles. The van der Waals surface area contributed by atoms with E-state index in [1.54, 1.807) is 24.9 Å². The molecule has 160 valence electrons. The second-order valence-corrected chi connectivity index (χ2v) is 8.77. The third kappa shape index (κ3) is 8.05. The van der Waals surface area contributed by atoms with E-state index in [1.807, 2.05) is 30.3 Å². The van der Waals surface area contributed by atoms with Crippen LogP contribution in [0.3, 0.4) is 0 Å². The predicted molar refractivity (Wildman–Crippen MR) is 116 cm³/mol. The molecule has 1 aliphatic carbocycles. The van der Waals surface area contributed by atoms with Crippen LogP contribution in [0.1, 0.15) is 36.8 Å². The lowest BCUT2D eigenvalue weighted by atomic mass is 9.91. The molecule has 0 bridgehead atoms. The topological polar surface area (TPSA) is 83.8 Å². The number of benzene rings is 1. The molecule has 0 aliphatic heterocycles. The van der Waals surface area contributed by atoms with Gasteiger partial charge in [0.1, 0.15) is 12.1 Å². The number of hydrogen-bond acceptors (Lipinski definition) is 6. The van der Waals surface area contributed by atoms with Crippen molar-refractivity contribution in [2.75, 3.05) is 18.6 Å². The highest BCUT2D eigenvalue weighted by Crippen LogP contribution is 2.34. The largest absolute Gasteiger partial charge is 0.392 e. The van der Waals surface area contributed by atoms with Crippen molar-refractivity contribution in [1.82, 2.24) is 0 Å². The van der Waals surface area contributed by atoms with Crippen LogP contribution in [-0.4, -0.2) is 53.1 Å². The second kappa shape index (κ2) is 13.0. The molecule has 6 heteroatoms. The second-order valence-electron chi connectivity index (χ2n) is 7.54. The molecule has 1 saturated carbocycles. The lowest BCUT2D eigenvalue weighted by Gasteiger charge is -2.18. The van der Waals surface area contributed by atoms with Gasteiger partial charge in [0.05, 0.1) is 18.8 Å². The van der Waals surface area contributed by atoms with Gasteiger partial charge in [-0.05, 0) is 35.5 Å². The van der Waals surface area contributed by atoms with Gasteiger partial charge in [0, 0.05) is 38.2 Å². The SMILES string of the molecule is COCc1cccc(C[C@H](O)/C=C/[C@H]2[C@H](O)CC(=O)[C@@H]2CCSCCCC=O)c1. The van der Waals surface area contributed by atoms with Gasteiger partial charge in [-0.3, -0.25) is 4.79 Å². The molecule has 2 rings (SSSR count). The number of aliphatic hydroxyl groups is 2. The molecule has 1 fully saturated rings. The summed E-state index contributed by atoms with van der Waals surface area (Å²) in [7, 11) is 1.65. The van der Waals surface area contributed by atoms with Crippen molar-refractivity contribution in [3.05, 3.63) is 47.5 Å². The summed E-state index contributed by atoms with van der Waals surface area (Å²) in [6.07, 6.45) is 5.91. The molecule has 0 heterocycles. The van der Waals surface area contributed by atoms with Gasteiger partial charge >= 0.3 is 0 Å². The molecule has 0 unspecified atom stereocenters. The number of aliphatic hydroxyl groups excluding tert-OH is 2. The predicted octanol–water partition coefficient (Wildman–Crippen LogP) is 2.96.